The summed E-state index contributed by atoms with van der Waals surface area (Å²) >= 11 is 0. The van der Waals surface area contributed by atoms with Gasteiger partial charge in [0.1, 0.15) is 11.4 Å². The van der Waals surface area contributed by atoms with Crippen LogP contribution in [0.2, 0.25) is 0 Å². The molecule has 24 heavy (non-hydrogen) atoms. The van der Waals surface area contributed by atoms with Crippen molar-refractivity contribution in [2.45, 2.75) is 12.0 Å². The molecular weight excluding hydrogens is 313 g/mol. The zero-order valence-corrected chi connectivity index (χ0v) is 13.1. The average molecular weight is 331 g/mol. The number of morpholine rings is 1. The molecule has 1 fully saturated rings. The lowest BCUT2D eigenvalue weighted by Crippen LogP contribution is -2.57. The first-order valence-electron chi connectivity index (χ1n) is 7.69. The molecule has 2 aromatic rings. The highest BCUT2D eigenvalue weighted by Crippen LogP contribution is 2.25. The number of amides is 1. The monoisotopic (exact) mass is 331 g/mol. The van der Waals surface area contributed by atoms with Crippen LogP contribution in [0.4, 0.5) is 4.39 Å². The van der Waals surface area contributed by atoms with Crippen molar-refractivity contribution in [3.05, 3.63) is 59.7 Å². The van der Waals surface area contributed by atoms with E-state index in [2.05, 4.69) is 10.2 Å². The van der Waals surface area contributed by atoms with E-state index < -0.39 is 5.60 Å². The van der Waals surface area contributed by atoms with Crippen molar-refractivity contribution in [3.63, 3.8) is 0 Å². The zero-order valence-electron chi connectivity index (χ0n) is 13.1. The predicted molar refractivity (Wildman–Crippen MR) is 83.8 cm³/mol. The van der Waals surface area contributed by atoms with E-state index >= 15 is 0 Å². The molecule has 0 radical (unpaired) electrons. The number of hydrogen-bond donors (Lipinski definition) is 1. The summed E-state index contributed by atoms with van der Waals surface area (Å²) in [5, 5.41) is 17.4. The van der Waals surface area contributed by atoms with E-state index in [1.165, 1.54) is 12.3 Å². The highest BCUT2D eigenvalue weighted by Gasteiger charge is 2.39. The Morgan fingerprint density at radius 1 is 1.33 bits per heavy atom. The molecule has 126 valence electrons. The Balaban J connectivity index is 1.79. The molecule has 2 heterocycles. The number of aromatic nitrogens is 2. The molecule has 1 aliphatic heterocycles. The predicted octanol–water partition coefficient (Wildman–Crippen LogP) is 1.06. The van der Waals surface area contributed by atoms with Gasteiger partial charge in [-0.2, -0.15) is 5.10 Å². The topological polar surface area (TPSA) is 75.6 Å². The average Bonchev–Trinajstić information content (AvgIpc) is 2.64. The second-order valence-electron chi connectivity index (χ2n) is 5.79. The molecule has 1 aromatic heterocycles. The summed E-state index contributed by atoms with van der Waals surface area (Å²) in [7, 11) is 0. The number of rotatable bonds is 4. The largest absolute Gasteiger partial charge is 0.393 e. The first-order valence-corrected chi connectivity index (χ1v) is 7.69. The van der Waals surface area contributed by atoms with Crippen LogP contribution in [0.15, 0.2) is 42.6 Å². The van der Waals surface area contributed by atoms with Gasteiger partial charge in [0, 0.05) is 19.2 Å². The minimum atomic E-state index is -1.03. The van der Waals surface area contributed by atoms with E-state index in [0.717, 1.165) is 0 Å². The summed E-state index contributed by atoms with van der Waals surface area (Å²) in [5.41, 5.74) is -0.351. The highest BCUT2D eigenvalue weighted by molar-refractivity contribution is 5.92. The Labute approximate surface area is 138 Å². The van der Waals surface area contributed by atoms with Crippen LogP contribution in [-0.4, -0.2) is 58.0 Å². The van der Waals surface area contributed by atoms with Crippen LogP contribution in [0.25, 0.3) is 0 Å². The Morgan fingerprint density at radius 2 is 2.17 bits per heavy atom. The summed E-state index contributed by atoms with van der Waals surface area (Å²) in [6.07, 6.45) is 1.67. The van der Waals surface area contributed by atoms with Crippen molar-refractivity contribution < 1.29 is 19.0 Å². The van der Waals surface area contributed by atoms with Crippen LogP contribution in [0.3, 0.4) is 0 Å². The van der Waals surface area contributed by atoms with Gasteiger partial charge in [-0.1, -0.05) is 18.2 Å². The molecule has 1 N–H and O–H groups in total. The normalized spacial score (nSPS) is 20.8. The Bertz CT molecular complexity index is 713. The van der Waals surface area contributed by atoms with E-state index in [1.807, 2.05) is 0 Å². The fourth-order valence-corrected chi connectivity index (χ4v) is 2.84. The van der Waals surface area contributed by atoms with Gasteiger partial charge in [-0.25, -0.2) is 4.39 Å². The van der Waals surface area contributed by atoms with Gasteiger partial charge in [0.25, 0.3) is 5.91 Å². The van der Waals surface area contributed by atoms with Crippen LogP contribution >= 0.6 is 0 Å². The van der Waals surface area contributed by atoms with Gasteiger partial charge < -0.3 is 14.7 Å². The van der Waals surface area contributed by atoms with Crippen LogP contribution in [-0.2, 0) is 11.2 Å². The van der Waals surface area contributed by atoms with Crippen molar-refractivity contribution in [1.82, 2.24) is 15.1 Å². The molecule has 1 amide bonds. The lowest BCUT2D eigenvalue weighted by atomic mass is 9.92. The number of aliphatic hydroxyl groups excluding tert-OH is 1. The van der Waals surface area contributed by atoms with Crippen molar-refractivity contribution in [3.8, 4) is 0 Å². The molecule has 1 aliphatic rings. The second-order valence-corrected chi connectivity index (χ2v) is 5.79. The van der Waals surface area contributed by atoms with Gasteiger partial charge >= 0.3 is 0 Å². The standard InChI is InChI=1S/C17H18FN3O3/c18-14-5-2-1-4-13(14)10-17(12-22)11-21(8-9-24-17)16(23)15-6-3-7-19-20-15/h1-7,22H,8-12H2/t17-/m1/s1. The molecule has 0 bridgehead atoms. The van der Waals surface area contributed by atoms with Gasteiger partial charge in [0.2, 0.25) is 0 Å². The molecule has 7 heteroatoms. The first-order chi connectivity index (χ1) is 11.6. The molecule has 1 aromatic carbocycles. The Hall–Kier alpha value is -2.38. The van der Waals surface area contributed by atoms with Gasteiger partial charge in [-0.05, 0) is 23.8 Å². The molecule has 1 saturated heterocycles. The summed E-state index contributed by atoms with van der Waals surface area (Å²) in [5.74, 6) is -0.635. The van der Waals surface area contributed by atoms with Gasteiger partial charge in [-0.15, -0.1) is 5.10 Å². The van der Waals surface area contributed by atoms with E-state index in [9.17, 15) is 14.3 Å². The lowest BCUT2D eigenvalue weighted by Gasteiger charge is -2.41. The number of ether oxygens (including phenoxy) is 1. The summed E-state index contributed by atoms with van der Waals surface area (Å²) < 4.78 is 19.7. The number of nitrogens with zero attached hydrogens (tertiary/aromatic N) is 3. The van der Waals surface area contributed by atoms with E-state index in [1.54, 1.807) is 35.2 Å². The fraction of sp³-hybridized carbons (Fsp3) is 0.353. The second kappa shape index (κ2) is 7.02. The number of hydrogen-bond acceptors (Lipinski definition) is 5. The molecule has 0 aliphatic carbocycles. The minimum Gasteiger partial charge on any atom is -0.393 e. The highest BCUT2D eigenvalue weighted by atomic mass is 19.1. The molecular formula is C17H18FN3O3. The SMILES string of the molecule is O=C(c1cccnn1)N1CCO[C@](CO)(Cc2ccccc2F)C1. The maximum absolute atomic E-state index is 13.9. The number of carbonyl (C=O) groups is 1. The summed E-state index contributed by atoms with van der Waals surface area (Å²) in [6.45, 7) is 0.494. The van der Waals surface area contributed by atoms with Gasteiger partial charge in [0.05, 0.1) is 19.8 Å². The third kappa shape index (κ3) is 3.42. The third-order valence-corrected chi connectivity index (χ3v) is 4.09. The van der Waals surface area contributed by atoms with Crippen LogP contribution < -0.4 is 0 Å². The zero-order chi connectivity index (χ0) is 17.0. The number of halogens is 1. The fourth-order valence-electron chi connectivity index (χ4n) is 2.84. The third-order valence-electron chi connectivity index (χ3n) is 4.09. The quantitative estimate of drug-likeness (QED) is 0.907. The Kier molecular flexibility index (Phi) is 4.82. The summed E-state index contributed by atoms with van der Waals surface area (Å²) in [6, 6.07) is 9.58. The van der Waals surface area contributed by atoms with Crippen molar-refractivity contribution in [2.75, 3.05) is 26.3 Å². The van der Waals surface area contributed by atoms with Crippen LogP contribution in [0, 0.1) is 5.82 Å². The molecule has 1 atom stereocenters. The van der Waals surface area contributed by atoms with Gasteiger partial charge in [0.15, 0.2) is 5.69 Å². The van der Waals surface area contributed by atoms with Gasteiger partial charge in [-0.3, -0.25) is 4.79 Å². The lowest BCUT2D eigenvalue weighted by molar-refractivity contribution is -0.124. The molecule has 0 saturated carbocycles. The Morgan fingerprint density at radius 3 is 2.88 bits per heavy atom. The maximum atomic E-state index is 13.9. The van der Waals surface area contributed by atoms with Crippen LogP contribution in [0.1, 0.15) is 16.1 Å². The number of benzene rings is 1. The van der Waals surface area contributed by atoms with Crippen molar-refractivity contribution >= 4 is 5.91 Å². The molecule has 0 unspecified atom stereocenters. The van der Waals surface area contributed by atoms with E-state index in [0.29, 0.717) is 12.1 Å². The molecule has 6 nitrogen and oxygen atoms in total. The van der Waals surface area contributed by atoms with E-state index in [4.69, 9.17) is 4.74 Å². The van der Waals surface area contributed by atoms with Crippen LogP contribution in [0.5, 0.6) is 0 Å². The van der Waals surface area contributed by atoms with E-state index in [-0.39, 0.29) is 43.6 Å². The number of aliphatic hydroxyl groups is 1. The summed E-state index contributed by atoms with van der Waals surface area (Å²) in [4.78, 5) is 14.1. The smallest absolute Gasteiger partial charge is 0.274 e. The van der Waals surface area contributed by atoms with Crippen molar-refractivity contribution in [2.24, 2.45) is 0 Å². The maximum Gasteiger partial charge on any atom is 0.274 e. The van der Waals surface area contributed by atoms with Crippen molar-refractivity contribution in [1.29, 1.82) is 0 Å². The number of carbonyl (C=O) groups excluding carboxylic acids is 1. The molecule has 3 rings (SSSR count). The minimum absolute atomic E-state index is 0.160. The molecule has 0 spiro atoms. The first kappa shape index (κ1) is 16.5.